The first-order valence-corrected chi connectivity index (χ1v) is 10.6. The molecule has 6 nitrogen and oxygen atoms in total. The van der Waals surface area contributed by atoms with Crippen molar-refractivity contribution in [1.29, 1.82) is 0 Å². The van der Waals surface area contributed by atoms with Crippen molar-refractivity contribution in [3.63, 3.8) is 0 Å². The number of hydrogen-bond acceptors (Lipinski definition) is 6. The van der Waals surface area contributed by atoms with E-state index in [-0.39, 0.29) is 5.91 Å². The number of carbonyl (C=O) groups excluding carboxylic acids is 1. The molecule has 0 saturated heterocycles. The second kappa shape index (κ2) is 9.06. The summed E-state index contributed by atoms with van der Waals surface area (Å²) in [6.45, 7) is 1.25. The maximum Gasteiger partial charge on any atom is 0.261 e. The number of halogens is 1. The monoisotopic (exact) mass is 511 g/mol. The molecule has 1 heterocycles. The minimum atomic E-state index is -0.0659. The summed E-state index contributed by atoms with van der Waals surface area (Å²) in [6, 6.07) is 11.3. The minimum absolute atomic E-state index is 0.0659. The first-order chi connectivity index (χ1) is 13.5. The van der Waals surface area contributed by atoms with Gasteiger partial charge in [-0.1, -0.05) is 23.5 Å². The smallest absolute Gasteiger partial charge is 0.261 e. The predicted molar refractivity (Wildman–Crippen MR) is 122 cm³/mol. The fourth-order valence-electron chi connectivity index (χ4n) is 2.75. The van der Waals surface area contributed by atoms with Gasteiger partial charge in [0.1, 0.15) is 21.7 Å². The third-order valence-corrected chi connectivity index (χ3v) is 6.28. The van der Waals surface area contributed by atoms with Crippen LogP contribution in [0.3, 0.4) is 0 Å². The highest BCUT2D eigenvalue weighted by atomic mass is 127. The number of likely N-dealkylation sites (N-methyl/N-ethyl adjacent to an activating group) is 1. The van der Waals surface area contributed by atoms with E-state index in [0.717, 1.165) is 14.8 Å². The molecule has 0 aliphatic heterocycles. The molecule has 8 heteroatoms. The lowest BCUT2D eigenvalue weighted by molar-refractivity contribution is 0.0984. The van der Waals surface area contributed by atoms with E-state index in [1.807, 2.05) is 55.4 Å². The van der Waals surface area contributed by atoms with E-state index in [1.165, 1.54) is 11.3 Å². The van der Waals surface area contributed by atoms with E-state index in [0.29, 0.717) is 34.3 Å². The summed E-state index contributed by atoms with van der Waals surface area (Å²) in [4.78, 5) is 21.9. The molecular formula is C20H22IN3O3S. The summed E-state index contributed by atoms with van der Waals surface area (Å²) in [7, 11) is 7.21. The highest BCUT2D eigenvalue weighted by molar-refractivity contribution is 14.1. The largest absolute Gasteiger partial charge is 0.495 e. The SMILES string of the molecule is COc1ccc(OC)c2sc(N(CCN(C)C)C(=O)c3ccccc3I)nc12. The van der Waals surface area contributed by atoms with Gasteiger partial charge in [-0.05, 0) is 61.0 Å². The Morgan fingerprint density at radius 2 is 1.75 bits per heavy atom. The Bertz CT molecular complexity index is 949. The van der Waals surface area contributed by atoms with Crippen LogP contribution in [0.5, 0.6) is 11.5 Å². The lowest BCUT2D eigenvalue weighted by Gasteiger charge is -2.22. The normalized spacial score (nSPS) is 11.1. The van der Waals surface area contributed by atoms with E-state index in [9.17, 15) is 4.79 Å². The number of hydrogen-bond donors (Lipinski definition) is 0. The molecule has 0 bridgehead atoms. The summed E-state index contributed by atoms with van der Waals surface area (Å²) in [5, 5.41) is 0.629. The van der Waals surface area contributed by atoms with Crippen LogP contribution in [-0.4, -0.2) is 57.2 Å². The van der Waals surface area contributed by atoms with Gasteiger partial charge < -0.3 is 14.4 Å². The maximum absolute atomic E-state index is 13.4. The van der Waals surface area contributed by atoms with Crippen LogP contribution in [0.25, 0.3) is 10.2 Å². The van der Waals surface area contributed by atoms with E-state index in [1.54, 1.807) is 19.1 Å². The fourth-order valence-corrected chi connectivity index (χ4v) is 4.47. The lowest BCUT2D eigenvalue weighted by Crippen LogP contribution is -2.37. The van der Waals surface area contributed by atoms with Gasteiger partial charge >= 0.3 is 0 Å². The Labute approximate surface area is 182 Å². The second-order valence-electron chi connectivity index (χ2n) is 6.38. The van der Waals surface area contributed by atoms with Crippen molar-refractivity contribution in [2.45, 2.75) is 0 Å². The van der Waals surface area contributed by atoms with Crippen molar-refractivity contribution >= 4 is 55.2 Å². The highest BCUT2D eigenvalue weighted by Gasteiger charge is 2.24. The summed E-state index contributed by atoms with van der Waals surface area (Å²) < 4.78 is 12.7. The third-order valence-electron chi connectivity index (χ3n) is 4.25. The molecule has 28 heavy (non-hydrogen) atoms. The number of nitrogens with zero attached hydrogens (tertiary/aromatic N) is 3. The van der Waals surface area contributed by atoms with Gasteiger partial charge in [-0.3, -0.25) is 9.69 Å². The number of amides is 1. The fraction of sp³-hybridized carbons (Fsp3) is 0.300. The Hall–Kier alpha value is -1.91. The standard InChI is InChI=1S/C20H22IN3O3S/c1-23(2)11-12-24(19(25)13-7-5-6-8-14(13)21)20-22-17-15(26-3)9-10-16(27-4)18(17)28-20/h5-10H,11-12H2,1-4H3. The number of fused-ring (bicyclic) bond motifs is 1. The first-order valence-electron chi connectivity index (χ1n) is 8.69. The summed E-state index contributed by atoms with van der Waals surface area (Å²) in [5.41, 5.74) is 1.37. The van der Waals surface area contributed by atoms with Crippen LogP contribution in [0.4, 0.5) is 5.13 Å². The van der Waals surface area contributed by atoms with Gasteiger partial charge in [-0.25, -0.2) is 4.98 Å². The highest BCUT2D eigenvalue weighted by Crippen LogP contribution is 2.40. The number of anilines is 1. The number of benzene rings is 2. The minimum Gasteiger partial charge on any atom is -0.495 e. The Morgan fingerprint density at radius 1 is 1.07 bits per heavy atom. The summed E-state index contributed by atoms with van der Waals surface area (Å²) in [5.74, 6) is 1.31. The zero-order chi connectivity index (χ0) is 20.3. The maximum atomic E-state index is 13.4. The summed E-state index contributed by atoms with van der Waals surface area (Å²) >= 11 is 3.63. The number of rotatable bonds is 7. The average Bonchev–Trinajstić information content (AvgIpc) is 3.12. The number of carbonyl (C=O) groups is 1. The van der Waals surface area contributed by atoms with Crippen molar-refractivity contribution in [2.75, 3.05) is 46.3 Å². The molecule has 0 atom stereocenters. The molecular weight excluding hydrogens is 489 g/mol. The second-order valence-corrected chi connectivity index (χ2v) is 8.52. The molecule has 2 aromatic carbocycles. The Balaban J connectivity index is 2.10. The number of ether oxygens (including phenoxy) is 2. The van der Waals surface area contributed by atoms with Crippen LogP contribution in [0.2, 0.25) is 0 Å². The topological polar surface area (TPSA) is 54.9 Å². The van der Waals surface area contributed by atoms with Gasteiger partial charge in [-0.2, -0.15) is 0 Å². The summed E-state index contributed by atoms with van der Waals surface area (Å²) in [6.07, 6.45) is 0. The van der Waals surface area contributed by atoms with Crippen LogP contribution in [-0.2, 0) is 0 Å². The third kappa shape index (κ3) is 4.23. The van der Waals surface area contributed by atoms with Gasteiger partial charge in [0.25, 0.3) is 5.91 Å². The van der Waals surface area contributed by atoms with E-state index < -0.39 is 0 Å². The van der Waals surface area contributed by atoms with Crippen molar-refractivity contribution in [2.24, 2.45) is 0 Å². The average molecular weight is 511 g/mol. The molecule has 3 rings (SSSR count). The molecule has 0 fully saturated rings. The molecule has 0 radical (unpaired) electrons. The zero-order valence-electron chi connectivity index (χ0n) is 16.2. The van der Waals surface area contributed by atoms with Crippen LogP contribution < -0.4 is 14.4 Å². The lowest BCUT2D eigenvalue weighted by atomic mass is 10.2. The van der Waals surface area contributed by atoms with Gasteiger partial charge in [0, 0.05) is 16.7 Å². The molecule has 0 spiro atoms. The number of aromatic nitrogens is 1. The van der Waals surface area contributed by atoms with Crippen LogP contribution in [0, 0.1) is 3.57 Å². The van der Waals surface area contributed by atoms with Crippen molar-refractivity contribution in [3.8, 4) is 11.5 Å². The molecule has 3 aromatic rings. The van der Waals surface area contributed by atoms with Crippen molar-refractivity contribution < 1.29 is 14.3 Å². The Kier molecular flexibility index (Phi) is 6.73. The van der Waals surface area contributed by atoms with Gasteiger partial charge in [0.2, 0.25) is 0 Å². The van der Waals surface area contributed by atoms with Crippen LogP contribution >= 0.6 is 33.9 Å². The molecule has 0 aliphatic carbocycles. The van der Waals surface area contributed by atoms with Crippen molar-refractivity contribution in [1.82, 2.24) is 9.88 Å². The number of thiazole rings is 1. The van der Waals surface area contributed by atoms with Gasteiger partial charge in [0.15, 0.2) is 5.13 Å². The molecule has 0 N–H and O–H groups in total. The van der Waals surface area contributed by atoms with E-state index in [4.69, 9.17) is 14.5 Å². The van der Waals surface area contributed by atoms with Gasteiger partial charge in [-0.15, -0.1) is 0 Å². The van der Waals surface area contributed by atoms with Crippen LogP contribution in [0.15, 0.2) is 36.4 Å². The molecule has 148 valence electrons. The number of methoxy groups -OCH3 is 2. The van der Waals surface area contributed by atoms with Gasteiger partial charge in [0.05, 0.1) is 19.8 Å². The van der Waals surface area contributed by atoms with Crippen LogP contribution in [0.1, 0.15) is 10.4 Å². The Morgan fingerprint density at radius 3 is 2.39 bits per heavy atom. The van der Waals surface area contributed by atoms with E-state index in [2.05, 4.69) is 22.6 Å². The van der Waals surface area contributed by atoms with E-state index >= 15 is 0 Å². The molecule has 1 amide bonds. The quantitative estimate of drug-likeness (QED) is 0.447. The predicted octanol–water partition coefficient (Wildman–Crippen LogP) is 4.13. The molecule has 0 aliphatic rings. The van der Waals surface area contributed by atoms with Crippen molar-refractivity contribution in [3.05, 3.63) is 45.5 Å². The zero-order valence-corrected chi connectivity index (χ0v) is 19.2. The molecule has 0 saturated carbocycles. The first kappa shape index (κ1) is 20.8. The molecule has 1 aromatic heterocycles. The molecule has 0 unspecified atom stereocenters.